The predicted molar refractivity (Wildman–Crippen MR) is 70.7 cm³/mol. The number of rotatable bonds is 8. The Morgan fingerprint density at radius 3 is 2.65 bits per heavy atom. The number of benzene rings is 1. The Hall–Kier alpha value is -1.12. The van der Waals surface area contributed by atoms with Gasteiger partial charge in [-0.3, -0.25) is 0 Å². The van der Waals surface area contributed by atoms with E-state index in [1.165, 1.54) is 5.56 Å². The van der Waals surface area contributed by atoms with Crippen LogP contribution in [0.1, 0.15) is 31.7 Å². The Kier molecular flexibility index (Phi) is 6.60. The van der Waals surface area contributed by atoms with Crippen LogP contribution >= 0.6 is 0 Å². The first-order valence-corrected chi connectivity index (χ1v) is 6.17. The van der Waals surface area contributed by atoms with Gasteiger partial charge in [-0.15, -0.1) is 6.58 Å². The van der Waals surface area contributed by atoms with Crippen molar-refractivity contribution >= 4 is 0 Å². The summed E-state index contributed by atoms with van der Waals surface area (Å²) < 4.78 is 5.83. The van der Waals surface area contributed by atoms with Crippen molar-refractivity contribution in [2.75, 3.05) is 0 Å². The molecule has 17 heavy (non-hydrogen) atoms. The van der Waals surface area contributed by atoms with Gasteiger partial charge in [0.1, 0.15) is 0 Å². The van der Waals surface area contributed by atoms with E-state index in [1.54, 1.807) is 6.92 Å². The fourth-order valence-corrected chi connectivity index (χ4v) is 1.74. The fourth-order valence-electron chi connectivity index (χ4n) is 1.74. The summed E-state index contributed by atoms with van der Waals surface area (Å²) >= 11 is 0. The van der Waals surface area contributed by atoms with Crippen molar-refractivity contribution in [1.29, 1.82) is 0 Å². The summed E-state index contributed by atoms with van der Waals surface area (Å²) in [6.07, 6.45) is 4.20. The molecule has 1 N–H and O–H groups in total. The minimum absolute atomic E-state index is 0.105. The maximum absolute atomic E-state index is 9.41. The van der Waals surface area contributed by atoms with Crippen molar-refractivity contribution in [3.63, 3.8) is 0 Å². The first kappa shape index (κ1) is 13.9. The molecule has 0 amide bonds. The molecule has 1 aromatic rings. The summed E-state index contributed by atoms with van der Waals surface area (Å²) in [6, 6.07) is 10.1. The van der Waals surface area contributed by atoms with Gasteiger partial charge in [-0.1, -0.05) is 36.4 Å². The van der Waals surface area contributed by atoms with Gasteiger partial charge in [0.25, 0.3) is 0 Å². The Morgan fingerprint density at radius 1 is 1.35 bits per heavy atom. The third-order valence-corrected chi connectivity index (χ3v) is 2.63. The summed E-state index contributed by atoms with van der Waals surface area (Å²) in [5, 5.41) is 9.41. The molecule has 0 saturated heterocycles. The van der Waals surface area contributed by atoms with Crippen LogP contribution in [0.15, 0.2) is 43.0 Å². The summed E-state index contributed by atoms with van der Waals surface area (Å²) in [4.78, 5) is 0. The Bertz CT molecular complexity index is 306. The van der Waals surface area contributed by atoms with Gasteiger partial charge in [-0.2, -0.15) is 0 Å². The van der Waals surface area contributed by atoms with Crippen LogP contribution in [0.5, 0.6) is 0 Å². The van der Waals surface area contributed by atoms with Crippen LogP contribution in [0.4, 0.5) is 0 Å². The first-order valence-electron chi connectivity index (χ1n) is 6.17. The molecule has 0 radical (unpaired) electrons. The lowest BCUT2D eigenvalue weighted by molar-refractivity contribution is 0.00382. The van der Waals surface area contributed by atoms with Gasteiger partial charge in [0.2, 0.25) is 0 Å². The van der Waals surface area contributed by atoms with E-state index in [1.807, 2.05) is 36.4 Å². The van der Waals surface area contributed by atoms with Crippen molar-refractivity contribution in [2.45, 2.75) is 45.0 Å². The topological polar surface area (TPSA) is 29.5 Å². The van der Waals surface area contributed by atoms with Crippen molar-refractivity contribution in [2.24, 2.45) is 0 Å². The molecular formula is C15H22O2. The Balaban J connectivity index is 2.39. The van der Waals surface area contributed by atoms with Crippen molar-refractivity contribution < 1.29 is 9.84 Å². The van der Waals surface area contributed by atoms with Crippen LogP contribution in [-0.4, -0.2) is 17.3 Å². The van der Waals surface area contributed by atoms with Crippen LogP contribution in [0.25, 0.3) is 0 Å². The molecule has 0 aliphatic carbocycles. The van der Waals surface area contributed by atoms with E-state index in [2.05, 4.69) is 6.58 Å². The zero-order valence-electron chi connectivity index (χ0n) is 10.5. The molecule has 0 heterocycles. The van der Waals surface area contributed by atoms with Gasteiger partial charge >= 0.3 is 0 Å². The quantitative estimate of drug-likeness (QED) is 0.699. The highest BCUT2D eigenvalue weighted by atomic mass is 16.5. The van der Waals surface area contributed by atoms with E-state index in [0.717, 1.165) is 12.8 Å². The monoisotopic (exact) mass is 234 g/mol. The Morgan fingerprint density at radius 2 is 2.06 bits per heavy atom. The summed E-state index contributed by atoms with van der Waals surface area (Å²) in [5.41, 5.74) is 1.17. The molecule has 1 rings (SSSR count). The van der Waals surface area contributed by atoms with Gasteiger partial charge in [0, 0.05) is 0 Å². The standard InChI is InChI=1S/C15H22O2/c1-3-4-10-15(11-13(2)16)17-12-14-8-6-5-7-9-14/h3,5-9,13,15-16H,1,4,10-12H2,2H3/t13-,15-/m1/s1. The number of aliphatic hydroxyl groups excluding tert-OH is 1. The highest BCUT2D eigenvalue weighted by Crippen LogP contribution is 2.13. The number of ether oxygens (including phenoxy) is 1. The van der Waals surface area contributed by atoms with Gasteiger partial charge in [-0.05, 0) is 31.7 Å². The summed E-state index contributed by atoms with van der Waals surface area (Å²) in [6.45, 7) is 6.12. The molecule has 2 heteroatoms. The molecule has 0 aromatic heterocycles. The zero-order valence-corrected chi connectivity index (χ0v) is 10.5. The highest BCUT2D eigenvalue weighted by Gasteiger charge is 2.11. The zero-order chi connectivity index (χ0) is 12.5. The minimum atomic E-state index is -0.319. The van der Waals surface area contributed by atoms with E-state index in [9.17, 15) is 5.11 Å². The minimum Gasteiger partial charge on any atom is -0.393 e. The summed E-state index contributed by atoms with van der Waals surface area (Å²) in [7, 11) is 0. The van der Waals surface area contributed by atoms with E-state index in [0.29, 0.717) is 13.0 Å². The molecule has 0 aliphatic heterocycles. The van der Waals surface area contributed by atoms with Gasteiger partial charge in [0.05, 0.1) is 18.8 Å². The van der Waals surface area contributed by atoms with Gasteiger partial charge in [0.15, 0.2) is 0 Å². The second-order valence-corrected chi connectivity index (χ2v) is 4.37. The molecule has 1 aromatic carbocycles. The second kappa shape index (κ2) is 8.04. The number of aliphatic hydroxyl groups is 1. The average molecular weight is 234 g/mol. The van der Waals surface area contributed by atoms with Crippen molar-refractivity contribution in [3.05, 3.63) is 48.6 Å². The molecule has 94 valence electrons. The van der Waals surface area contributed by atoms with E-state index in [-0.39, 0.29) is 12.2 Å². The van der Waals surface area contributed by atoms with Crippen LogP contribution < -0.4 is 0 Å². The van der Waals surface area contributed by atoms with Crippen molar-refractivity contribution in [3.8, 4) is 0 Å². The highest BCUT2D eigenvalue weighted by molar-refractivity contribution is 5.13. The average Bonchev–Trinajstić information content (AvgIpc) is 2.33. The maximum Gasteiger partial charge on any atom is 0.0720 e. The third kappa shape index (κ3) is 6.25. The third-order valence-electron chi connectivity index (χ3n) is 2.63. The molecule has 0 aliphatic rings. The molecule has 2 atom stereocenters. The van der Waals surface area contributed by atoms with Crippen LogP contribution in [0.3, 0.4) is 0 Å². The lowest BCUT2D eigenvalue weighted by Crippen LogP contribution is -2.18. The van der Waals surface area contributed by atoms with Gasteiger partial charge < -0.3 is 9.84 Å². The number of hydrogen-bond donors (Lipinski definition) is 1. The molecular weight excluding hydrogens is 212 g/mol. The predicted octanol–water partition coefficient (Wildman–Crippen LogP) is 3.31. The molecule has 0 fully saturated rings. The SMILES string of the molecule is C=CCC[C@H](C[C@@H](C)O)OCc1ccccc1. The number of allylic oxidation sites excluding steroid dienone is 1. The van der Waals surface area contributed by atoms with Gasteiger partial charge in [-0.25, -0.2) is 0 Å². The molecule has 0 bridgehead atoms. The lowest BCUT2D eigenvalue weighted by atomic mass is 10.1. The molecule has 2 nitrogen and oxygen atoms in total. The molecule has 0 unspecified atom stereocenters. The smallest absolute Gasteiger partial charge is 0.0720 e. The largest absolute Gasteiger partial charge is 0.393 e. The van der Waals surface area contributed by atoms with Crippen LogP contribution in [0.2, 0.25) is 0 Å². The van der Waals surface area contributed by atoms with E-state index < -0.39 is 0 Å². The lowest BCUT2D eigenvalue weighted by Gasteiger charge is -2.18. The van der Waals surface area contributed by atoms with E-state index >= 15 is 0 Å². The van der Waals surface area contributed by atoms with Crippen LogP contribution in [-0.2, 0) is 11.3 Å². The normalized spacial score (nSPS) is 14.2. The van der Waals surface area contributed by atoms with E-state index in [4.69, 9.17) is 4.74 Å². The first-order chi connectivity index (χ1) is 8.22. The summed E-state index contributed by atoms with van der Waals surface area (Å²) in [5.74, 6) is 0. The maximum atomic E-state index is 9.41. The Labute approximate surface area is 104 Å². The second-order valence-electron chi connectivity index (χ2n) is 4.37. The van der Waals surface area contributed by atoms with Crippen LogP contribution in [0, 0.1) is 0 Å². The van der Waals surface area contributed by atoms with Crippen molar-refractivity contribution in [1.82, 2.24) is 0 Å². The molecule has 0 saturated carbocycles. The number of hydrogen-bond acceptors (Lipinski definition) is 2. The molecule has 0 spiro atoms. The fraction of sp³-hybridized carbons (Fsp3) is 0.467.